The van der Waals surface area contributed by atoms with Gasteiger partial charge in [-0.25, -0.2) is 0 Å². The Balaban J connectivity index is 1.54. The number of likely N-dealkylation sites (tertiary alicyclic amines) is 1. The van der Waals surface area contributed by atoms with E-state index in [2.05, 4.69) is 33.9 Å². The van der Waals surface area contributed by atoms with Crippen molar-refractivity contribution < 1.29 is 0 Å². The molecule has 110 valence electrons. The fourth-order valence-electron chi connectivity index (χ4n) is 3.38. The third-order valence-corrected chi connectivity index (χ3v) is 4.93. The lowest BCUT2D eigenvalue weighted by atomic mass is 10.0. The van der Waals surface area contributed by atoms with E-state index in [1.54, 1.807) is 0 Å². The topological polar surface area (TPSA) is 9.72 Å². The first-order valence-corrected chi connectivity index (χ1v) is 8.03. The molecule has 2 saturated heterocycles. The summed E-state index contributed by atoms with van der Waals surface area (Å²) in [4.78, 5) is 7.59. The van der Waals surface area contributed by atoms with E-state index in [1.807, 2.05) is 12.1 Å². The lowest BCUT2D eigenvalue weighted by Crippen LogP contribution is -2.53. The van der Waals surface area contributed by atoms with Crippen LogP contribution < -0.4 is 4.90 Å². The smallest absolute Gasteiger partial charge is 0.0426 e. The fourth-order valence-corrected chi connectivity index (χ4v) is 3.56. The minimum Gasteiger partial charge on any atom is -0.369 e. The van der Waals surface area contributed by atoms with Crippen LogP contribution in [0.1, 0.15) is 12.8 Å². The number of rotatable bonds is 2. The summed E-state index contributed by atoms with van der Waals surface area (Å²) >= 11 is 6.09. The van der Waals surface area contributed by atoms with Gasteiger partial charge in [-0.1, -0.05) is 17.7 Å². The van der Waals surface area contributed by atoms with E-state index in [9.17, 15) is 0 Å². The first kappa shape index (κ1) is 14.2. The predicted octanol–water partition coefficient (Wildman–Crippen LogP) is 2.56. The molecule has 3 nitrogen and oxygen atoms in total. The standard InChI is InChI=1S/C16H24ClN3/c1-18-7-5-15(6-8-18)19-9-11-20(12-10-19)16-4-2-3-14(17)13-16/h2-4,13,15H,5-12H2,1H3. The molecule has 2 aliphatic rings. The van der Waals surface area contributed by atoms with Gasteiger partial charge in [-0.15, -0.1) is 0 Å². The molecule has 0 bridgehead atoms. The summed E-state index contributed by atoms with van der Waals surface area (Å²) < 4.78 is 0. The van der Waals surface area contributed by atoms with E-state index in [0.29, 0.717) is 0 Å². The first-order valence-electron chi connectivity index (χ1n) is 7.65. The molecule has 2 fully saturated rings. The van der Waals surface area contributed by atoms with Crippen LogP contribution in [0, 0.1) is 0 Å². The van der Waals surface area contributed by atoms with E-state index >= 15 is 0 Å². The van der Waals surface area contributed by atoms with Crippen LogP contribution in [0.2, 0.25) is 5.02 Å². The second-order valence-electron chi connectivity index (χ2n) is 6.04. The maximum Gasteiger partial charge on any atom is 0.0426 e. The summed E-state index contributed by atoms with van der Waals surface area (Å²) in [6.07, 6.45) is 2.65. The molecule has 0 N–H and O–H groups in total. The predicted molar refractivity (Wildman–Crippen MR) is 85.8 cm³/mol. The lowest BCUT2D eigenvalue weighted by molar-refractivity contribution is 0.115. The highest BCUT2D eigenvalue weighted by atomic mass is 35.5. The van der Waals surface area contributed by atoms with Crippen LogP contribution >= 0.6 is 11.6 Å². The molecule has 3 rings (SSSR count). The second-order valence-corrected chi connectivity index (χ2v) is 6.47. The highest BCUT2D eigenvalue weighted by Crippen LogP contribution is 2.23. The average Bonchev–Trinajstić information content (AvgIpc) is 2.48. The minimum absolute atomic E-state index is 0.799. The van der Waals surface area contributed by atoms with Gasteiger partial charge >= 0.3 is 0 Å². The number of benzene rings is 1. The SMILES string of the molecule is CN1CCC(N2CCN(c3cccc(Cl)c3)CC2)CC1. The van der Waals surface area contributed by atoms with E-state index in [-0.39, 0.29) is 0 Å². The highest BCUT2D eigenvalue weighted by molar-refractivity contribution is 6.30. The Morgan fingerprint density at radius 1 is 1.00 bits per heavy atom. The van der Waals surface area contributed by atoms with Crippen LogP contribution in [-0.2, 0) is 0 Å². The summed E-state index contributed by atoms with van der Waals surface area (Å²) in [5, 5.41) is 0.834. The van der Waals surface area contributed by atoms with Gasteiger partial charge in [0, 0.05) is 42.9 Å². The van der Waals surface area contributed by atoms with Crippen molar-refractivity contribution in [2.24, 2.45) is 0 Å². The average molecular weight is 294 g/mol. The van der Waals surface area contributed by atoms with Crippen LogP contribution in [0.15, 0.2) is 24.3 Å². The Kier molecular flexibility index (Phi) is 4.49. The maximum absolute atomic E-state index is 6.09. The van der Waals surface area contributed by atoms with Gasteiger partial charge in [-0.05, 0) is 51.2 Å². The Morgan fingerprint density at radius 3 is 2.35 bits per heavy atom. The Bertz CT molecular complexity index is 435. The molecule has 0 saturated carbocycles. The lowest BCUT2D eigenvalue weighted by Gasteiger charge is -2.42. The van der Waals surface area contributed by atoms with Crippen LogP contribution in [0.3, 0.4) is 0 Å². The first-order chi connectivity index (χ1) is 9.72. The van der Waals surface area contributed by atoms with Gasteiger partial charge in [0.15, 0.2) is 0 Å². The molecular formula is C16H24ClN3. The van der Waals surface area contributed by atoms with Crippen LogP contribution in [0.4, 0.5) is 5.69 Å². The van der Waals surface area contributed by atoms with Crippen molar-refractivity contribution in [2.75, 3.05) is 51.2 Å². The van der Waals surface area contributed by atoms with Crippen molar-refractivity contribution >= 4 is 17.3 Å². The molecule has 0 spiro atoms. The third kappa shape index (κ3) is 3.27. The van der Waals surface area contributed by atoms with E-state index in [1.165, 1.54) is 44.7 Å². The summed E-state index contributed by atoms with van der Waals surface area (Å²) in [5.74, 6) is 0. The maximum atomic E-state index is 6.09. The van der Waals surface area contributed by atoms with Crippen molar-refractivity contribution in [3.05, 3.63) is 29.3 Å². The number of piperazine rings is 1. The van der Waals surface area contributed by atoms with E-state index in [4.69, 9.17) is 11.6 Å². The zero-order valence-corrected chi connectivity index (χ0v) is 13.0. The number of hydrogen-bond acceptors (Lipinski definition) is 3. The van der Waals surface area contributed by atoms with Crippen molar-refractivity contribution in [1.29, 1.82) is 0 Å². The Hall–Kier alpha value is -0.770. The molecule has 2 aliphatic heterocycles. The largest absolute Gasteiger partial charge is 0.369 e. The summed E-state index contributed by atoms with van der Waals surface area (Å²) in [5.41, 5.74) is 1.26. The van der Waals surface area contributed by atoms with Gasteiger partial charge in [-0.2, -0.15) is 0 Å². The molecule has 2 heterocycles. The molecule has 1 aromatic carbocycles. The highest BCUT2D eigenvalue weighted by Gasteiger charge is 2.26. The van der Waals surface area contributed by atoms with Crippen molar-refractivity contribution in [3.63, 3.8) is 0 Å². The monoisotopic (exact) mass is 293 g/mol. The molecule has 4 heteroatoms. The zero-order chi connectivity index (χ0) is 13.9. The molecule has 0 unspecified atom stereocenters. The quantitative estimate of drug-likeness (QED) is 0.830. The second kappa shape index (κ2) is 6.33. The van der Waals surface area contributed by atoms with Gasteiger partial charge in [0.1, 0.15) is 0 Å². The number of nitrogens with zero attached hydrogens (tertiary/aromatic N) is 3. The molecule has 1 aromatic rings. The summed E-state index contributed by atoms with van der Waals surface area (Å²) in [7, 11) is 2.23. The van der Waals surface area contributed by atoms with Gasteiger partial charge < -0.3 is 9.80 Å². The van der Waals surface area contributed by atoms with Gasteiger partial charge in [0.05, 0.1) is 0 Å². The number of hydrogen-bond donors (Lipinski definition) is 0. The van der Waals surface area contributed by atoms with Gasteiger partial charge in [0.25, 0.3) is 0 Å². The van der Waals surface area contributed by atoms with Gasteiger partial charge in [0.2, 0.25) is 0 Å². The van der Waals surface area contributed by atoms with Crippen LogP contribution in [-0.4, -0.2) is 62.2 Å². The van der Waals surface area contributed by atoms with Crippen LogP contribution in [0.5, 0.6) is 0 Å². The number of piperidine rings is 1. The normalized spacial score (nSPS) is 23.2. The minimum atomic E-state index is 0.799. The molecule has 0 aromatic heterocycles. The number of anilines is 1. The third-order valence-electron chi connectivity index (χ3n) is 4.69. The molecule has 0 aliphatic carbocycles. The Labute approximate surface area is 127 Å². The molecule has 0 radical (unpaired) electrons. The summed E-state index contributed by atoms with van der Waals surface area (Å²) in [6.45, 7) is 7.10. The van der Waals surface area contributed by atoms with Crippen molar-refractivity contribution in [3.8, 4) is 0 Å². The number of halogens is 1. The fraction of sp³-hybridized carbons (Fsp3) is 0.625. The van der Waals surface area contributed by atoms with Crippen molar-refractivity contribution in [2.45, 2.75) is 18.9 Å². The van der Waals surface area contributed by atoms with Crippen molar-refractivity contribution in [1.82, 2.24) is 9.80 Å². The molecule has 0 atom stereocenters. The zero-order valence-electron chi connectivity index (χ0n) is 12.3. The van der Waals surface area contributed by atoms with Gasteiger partial charge in [-0.3, -0.25) is 4.90 Å². The summed E-state index contributed by atoms with van der Waals surface area (Å²) in [6, 6.07) is 9.03. The molecular weight excluding hydrogens is 270 g/mol. The van der Waals surface area contributed by atoms with E-state index < -0.39 is 0 Å². The van der Waals surface area contributed by atoms with E-state index in [0.717, 1.165) is 24.2 Å². The Morgan fingerprint density at radius 2 is 1.70 bits per heavy atom. The van der Waals surface area contributed by atoms with Crippen LogP contribution in [0.25, 0.3) is 0 Å². The molecule has 20 heavy (non-hydrogen) atoms. The molecule has 0 amide bonds.